The zero-order chi connectivity index (χ0) is 20.0. The van der Waals surface area contributed by atoms with E-state index in [1.807, 2.05) is 0 Å². The molecule has 0 heterocycles. The van der Waals surface area contributed by atoms with E-state index in [0.29, 0.717) is 25.7 Å². The van der Waals surface area contributed by atoms with Gasteiger partial charge in [0.15, 0.2) is 18.1 Å². The minimum absolute atomic E-state index is 0.109. The van der Waals surface area contributed by atoms with Crippen molar-refractivity contribution in [1.82, 2.24) is 5.32 Å². The van der Waals surface area contributed by atoms with E-state index in [4.69, 9.17) is 14.6 Å². The number of anilines is 1. The zero-order valence-electron chi connectivity index (χ0n) is 14.6. The maximum atomic E-state index is 12.3. The summed E-state index contributed by atoms with van der Waals surface area (Å²) in [5.74, 6) is -1.25. The molecule has 1 aliphatic carbocycles. The van der Waals surface area contributed by atoms with E-state index in [-0.39, 0.29) is 29.1 Å². The van der Waals surface area contributed by atoms with Gasteiger partial charge in [0.2, 0.25) is 0 Å². The Kier molecular flexibility index (Phi) is 6.75. The molecule has 3 N–H and O–H groups in total. The molecule has 10 heteroatoms. The number of hydrogen-bond acceptors (Lipinski definition) is 4. The van der Waals surface area contributed by atoms with E-state index in [1.165, 1.54) is 25.3 Å². The lowest BCUT2D eigenvalue weighted by Crippen LogP contribution is -2.40. The first kappa shape index (κ1) is 20.7. The second-order valence-electron chi connectivity index (χ2n) is 6.25. The van der Waals surface area contributed by atoms with Crippen LogP contribution in [0, 0.1) is 5.92 Å². The Morgan fingerprint density at radius 3 is 2.41 bits per heavy atom. The van der Waals surface area contributed by atoms with Crippen LogP contribution in [0.2, 0.25) is 0 Å². The number of methoxy groups -OCH3 is 1. The predicted molar refractivity (Wildman–Crippen MR) is 90.1 cm³/mol. The molecule has 150 valence electrons. The molecule has 0 atom stereocenters. The van der Waals surface area contributed by atoms with Gasteiger partial charge in [0.25, 0.3) is 0 Å². The third-order valence-corrected chi connectivity index (χ3v) is 4.22. The van der Waals surface area contributed by atoms with Crippen LogP contribution in [-0.4, -0.2) is 43.0 Å². The van der Waals surface area contributed by atoms with Crippen LogP contribution in [-0.2, 0) is 4.79 Å². The van der Waals surface area contributed by atoms with Gasteiger partial charge in [0.05, 0.1) is 13.0 Å². The van der Waals surface area contributed by atoms with E-state index in [9.17, 15) is 22.8 Å². The van der Waals surface area contributed by atoms with Crippen molar-refractivity contribution in [3.05, 3.63) is 18.2 Å². The zero-order valence-corrected chi connectivity index (χ0v) is 14.6. The van der Waals surface area contributed by atoms with Crippen molar-refractivity contribution < 1.29 is 37.3 Å². The van der Waals surface area contributed by atoms with Gasteiger partial charge < -0.3 is 25.2 Å². The average Bonchev–Trinajstić information content (AvgIpc) is 2.60. The number of carbonyl (C=O) groups is 2. The Labute approximate surface area is 153 Å². The molecule has 1 aliphatic rings. The Hall–Kier alpha value is -2.65. The van der Waals surface area contributed by atoms with E-state index < -0.39 is 24.8 Å². The standard InChI is InChI=1S/C17H21F3N2O5/c1-26-13-7-6-12(8-14(13)27-9-17(18,19)20)22-16(25)21-11-4-2-10(3-5-11)15(23)24/h6-8,10-11H,2-5,9H2,1H3,(H,23,24)(H2,21,22,25). The first-order chi connectivity index (χ1) is 12.7. The van der Waals surface area contributed by atoms with E-state index in [0.717, 1.165) is 0 Å². The largest absolute Gasteiger partial charge is 0.493 e. The smallest absolute Gasteiger partial charge is 0.422 e. The van der Waals surface area contributed by atoms with Gasteiger partial charge in [-0.15, -0.1) is 0 Å². The fraction of sp³-hybridized carbons (Fsp3) is 0.529. The number of ether oxygens (including phenoxy) is 2. The number of hydrogen-bond donors (Lipinski definition) is 3. The van der Waals surface area contributed by atoms with Crippen LogP contribution in [0.5, 0.6) is 11.5 Å². The topological polar surface area (TPSA) is 96.9 Å². The highest BCUT2D eigenvalue weighted by Crippen LogP contribution is 2.32. The predicted octanol–water partition coefficient (Wildman–Crippen LogP) is 3.40. The summed E-state index contributed by atoms with van der Waals surface area (Å²) < 4.78 is 46.7. The summed E-state index contributed by atoms with van der Waals surface area (Å²) >= 11 is 0. The fourth-order valence-corrected chi connectivity index (χ4v) is 2.86. The molecule has 1 fully saturated rings. The summed E-state index contributed by atoms with van der Waals surface area (Å²) in [5, 5.41) is 14.2. The van der Waals surface area contributed by atoms with Gasteiger partial charge in [-0.3, -0.25) is 4.79 Å². The van der Waals surface area contributed by atoms with Gasteiger partial charge in [-0.25, -0.2) is 4.79 Å². The number of urea groups is 1. The van der Waals surface area contributed by atoms with E-state index >= 15 is 0 Å². The molecule has 0 unspecified atom stereocenters. The monoisotopic (exact) mass is 390 g/mol. The number of amides is 2. The molecule has 1 aromatic rings. The number of benzene rings is 1. The summed E-state index contributed by atoms with van der Waals surface area (Å²) in [6.45, 7) is -1.48. The molecule has 7 nitrogen and oxygen atoms in total. The lowest BCUT2D eigenvalue weighted by atomic mass is 9.86. The molecule has 1 saturated carbocycles. The van der Waals surface area contributed by atoms with Gasteiger partial charge in [-0.1, -0.05) is 0 Å². The van der Waals surface area contributed by atoms with E-state index in [1.54, 1.807) is 0 Å². The molecule has 2 rings (SSSR count). The molecule has 0 radical (unpaired) electrons. The minimum atomic E-state index is -4.50. The van der Waals surface area contributed by atoms with Crippen molar-refractivity contribution in [2.24, 2.45) is 5.92 Å². The second-order valence-corrected chi connectivity index (χ2v) is 6.25. The normalized spacial score (nSPS) is 19.9. The molecular formula is C17H21F3N2O5. The van der Waals surface area contributed by atoms with Gasteiger partial charge >= 0.3 is 18.2 Å². The molecule has 0 aliphatic heterocycles. The van der Waals surface area contributed by atoms with Crippen LogP contribution < -0.4 is 20.1 Å². The molecule has 0 saturated heterocycles. The van der Waals surface area contributed by atoms with Crippen LogP contribution in [0.3, 0.4) is 0 Å². The lowest BCUT2D eigenvalue weighted by Gasteiger charge is -2.26. The first-order valence-corrected chi connectivity index (χ1v) is 8.36. The number of aliphatic carboxylic acids is 1. The van der Waals surface area contributed by atoms with Crippen molar-refractivity contribution in [3.8, 4) is 11.5 Å². The van der Waals surface area contributed by atoms with Crippen molar-refractivity contribution in [2.75, 3.05) is 19.0 Å². The highest BCUT2D eigenvalue weighted by Gasteiger charge is 2.29. The van der Waals surface area contributed by atoms with Crippen LogP contribution in [0.1, 0.15) is 25.7 Å². The SMILES string of the molecule is COc1ccc(NC(=O)NC2CCC(C(=O)O)CC2)cc1OCC(F)(F)F. The Balaban J connectivity index is 1.92. The Morgan fingerprint density at radius 2 is 1.85 bits per heavy atom. The summed E-state index contributed by atoms with van der Waals surface area (Å²) in [5.41, 5.74) is 0.240. The number of nitrogens with one attached hydrogen (secondary N) is 2. The Bertz CT molecular complexity index is 673. The molecule has 2 amide bonds. The van der Waals surface area contributed by atoms with Gasteiger partial charge in [-0.05, 0) is 37.8 Å². The number of carboxylic acid groups (broad SMARTS) is 1. The second kappa shape index (κ2) is 8.83. The summed E-state index contributed by atoms with van der Waals surface area (Å²) in [6, 6.07) is 3.42. The maximum absolute atomic E-state index is 12.3. The molecule has 27 heavy (non-hydrogen) atoms. The number of halogens is 3. The van der Waals surface area contributed by atoms with Crippen LogP contribution >= 0.6 is 0 Å². The number of carboxylic acids is 1. The molecule has 0 bridgehead atoms. The molecule has 0 aromatic heterocycles. The third kappa shape index (κ3) is 6.54. The molecular weight excluding hydrogens is 369 g/mol. The maximum Gasteiger partial charge on any atom is 0.422 e. The van der Waals surface area contributed by atoms with Gasteiger partial charge in [0, 0.05) is 17.8 Å². The highest BCUT2D eigenvalue weighted by molar-refractivity contribution is 5.89. The number of rotatable bonds is 6. The quantitative estimate of drug-likeness (QED) is 0.692. The summed E-state index contributed by atoms with van der Waals surface area (Å²) in [6.07, 6.45) is -2.43. The fourth-order valence-electron chi connectivity index (χ4n) is 2.86. The average molecular weight is 390 g/mol. The molecule has 1 aromatic carbocycles. The lowest BCUT2D eigenvalue weighted by molar-refractivity contribution is -0.153. The van der Waals surface area contributed by atoms with Crippen molar-refractivity contribution in [1.29, 1.82) is 0 Å². The highest BCUT2D eigenvalue weighted by atomic mass is 19.4. The van der Waals surface area contributed by atoms with Crippen molar-refractivity contribution >= 4 is 17.7 Å². The summed E-state index contributed by atoms with van der Waals surface area (Å²) in [4.78, 5) is 23.0. The Morgan fingerprint density at radius 1 is 1.19 bits per heavy atom. The summed E-state index contributed by atoms with van der Waals surface area (Å²) in [7, 11) is 1.29. The van der Waals surface area contributed by atoms with Crippen LogP contribution in [0.4, 0.5) is 23.7 Å². The molecule has 0 spiro atoms. The van der Waals surface area contributed by atoms with Gasteiger partial charge in [-0.2, -0.15) is 13.2 Å². The number of carbonyl (C=O) groups excluding carboxylic acids is 1. The van der Waals surface area contributed by atoms with Crippen molar-refractivity contribution in [3.63, 3.8) is 0 Å². The minimum Gasteiger partial charge on any atom is -0.493 e. The van der Waals surface area contributed by atoms with Crippen LogP contribution in [0.15, 0.2) is 18.2 Å². The van der Waals surface area contributed by atoms with E-state index in [2.05, 4.69) is 10.6 Å². The van der Waals surface area contributed by atoms with Crippen LogP contribution in [0.25, 0.3) is 0 Å². The van der Waals surface area contributed by atoms with Crippen molar-refractivity contribution in [2.45, 2.75) is 37.9 Å². The number of alkyl halides is 3. The van der Waals surface area contributed by atoms with Gasteiger partial charge in [0.1, 0.15) is 0 Å². The first-order valence-electron chi connectivity index (χ1n) is 8.36. The third-order valence-electron chi connectivity index (χ3n) is 4.22.